The number of hydrogen-bond acceptors (Lipinski definition) is 5. The minimum atomic E-state index is 0.482. The highest BCUT2D eigenvalue weighted by Gasteiger charge is 2.05. The van der Waals surface area contributed by atoms with Crippen LogP contribution in [0, 0.1) is 0 Å². The molecule has 7 heteroatoms. The maximum Gasteiger partial charge on any atom is 0.218 e. The lowest BCUT2D eigenvalue weighted by molar-refractivity contribution is 0.143. The molecule has 0 unspecified atom stereocenters. The van der Waals surface area contributed by atoms with Crippen LogP contribution in [0.4, 0.5) is 0 Å². The standard InChI is InChI=1S/C15H26N4O2S/c1-4-16-15(18-8-11-22-3)19-12-13-6-5-7-17-14(13)21-10-9-20-2/h5-7H,4,8-12H2,1-3H3,(H2,16,18,19). The van der Waals surface area contributed by atoms with Gasteiger partial charge in [-0.3, -0.25) is 0 Å². The number of nitrogens with one attached hydrogen (secondary N) is 2. The van der Waals surface area contributed by atoms with Crippen LogP contribution in [-0.4, -0.2) is 56.4 Å². The van der Waals surface area contributed by atoms with Crippen molar-refractivity contribution in [3.63, 3.8) is 0 Å². The second-order valence-corrected chi connectivity index (χ2v) is 5.41. The first kappa shape index (κ1) is 18.6. The Balaban J connectivity index is 2.63. The molecule has 1 aromatic heterocycles. The molecular weight excluding hydrogens is 300 g/mol. The summed E-state index contributed by atoms with van der Waals surface area (Å²) in [6.45, 7) is 5.31. The molecular formula is C15H26N4O2S. The molecule has 0 spiro atoms. The number of ether oxygens (including phenoxy) is 2. The second kappa shape index (κ2) is 12.1. The zero-order valence-corrected chi connectivity index (χ0v) is 14.4. The molecule has 0 aliphatic rings. The van der Waals surface area contributed by atoms with E-state index in [9.17, 15) is 0 Å². The number of aromatic nitrogens is 1. The summed E-state index contributed by atoms with van der Waals surface area (Å²) in [5.74, 6) is 2.47. The minimum Gasteiger partial charge on any atom is -0.475 e. The van der Waals surface area contributed by atoms with Gasteiger partial charge >= 0.3 is 0 Å². The average Bonchev–Trinajstić information content (AvgIpc) is 2.54. The molecule has 0 atom stereocenters. The average molecular weight is 326 g/mol. The first-order valence-electron chi connectivity index (χ1n) is 7.38. The third-order valence-corrected chi connectivity index (χ3v) is 3.34. The lowest BCUT2D eigenvalue weighted by atomic mass is 10.3. The van der Waals surface area contributed by atoms with E-state index in [2.05, 4.69) is 33.8 Å². The van der Waals surface area contributed by atoms with E-state index in [4.69, 9.17) is 9.47 Å². The molecule has 1 rings (SSSR count). The van der Waals surface area contributed by atoms with Crippen molar-refractivity contribution in [3.8, 4) is 5.88 Å². The fraction of sp³-hybridized carbons (Fsp3) is 0.600. The van der Waals surface area contributed by atoms with Crippen LogP contribution in [0.15, 0.2) is 23.3 Å². The Bertz CT molecular complexity index is 443. The van der Waals surface area contributed by atoms with Crippen molar-refractivity contribution >= 4 is 17.7 Å². The van der Waals surface area contributed by atoms with Crippen LogP contribution in [-0.2, 0) is 11.3 Å². The van der Waals surface area contributed by atoms with Gasteiger partial charge in [-0.05, 0) is 19.2 Å². The van der Waals surface area contributed by atoms with E-state index in [-0.39, 0.29) is 0 Å². The quantitative estimate of drug-likeness (QED) is 0.386. The number of rotatable bonds is 10. The maximum absolute atomic E-state index is 5.62. The summed E-state index contributed by atoms with van der Waals surface area (Å²) >= 11 is 1.80. The monoisotopic (exact) mass is 326 g/mol. The Morgan fingerprint density at radius 2 is 2.23 bits per heavy atom. The molecule has 0 bridgehead atoms. The highest BCUT2D eigenvalue weighted by Crippen LogP contribution is 2.15. The molecule has 0 radical (unpaired) electrons. The zero-order valence-electron chi connectivity index (χ0n) is 13.6. The summed E-state index contributed by atoms with van der Waals surface area (Å²) in [6.07, 6.45) is 3.81. The third-order valence-electron chi connectivity index (χ3n) is 2.73. The number of hydrogen-bond donors (Lipinski definition) is 2. The lowest BCUT2D eigenvalue weighted by Gasteiger charge is -2.12. The highest BCUT2D eigenvalue weighted by atomic mass is 32.2. The van der Waals surface area contributed by atoms with Gasteiger partial charge in [0.15, 0.2) is 5.96 Å². The maximum atomic E-state index is 5.62. The van der Waals surface area contributed by atoms with Gasteiger partial charge in [-0.1, -0.05) is 6.07 Å². The van der Waals surface area contributed by atoms with Gasteiger partial charge < -0.3 is 20.1 Å². The Hall–Kier alpha value is -1.47. The lowest BCUT2D eigenvalue weighted by Crippen LogP contribution is -2.38. The summed E-state index contributed by atoms with van der Waals surface area (Å²) in [4.78, 5) is 8.84. The molecule has 0 aliphatic heterocycles. The van der Waals surface area contributed by atoms with Crippen molar-refractivity contribution in [2.45, 2.75) is 13.5 Å². The van der Waals surface area contributed by atoms with E-state index in [1.807, 2.05) is 12.1 Å². The molecule has 22 heavy (non-hydrogen) atoms. The van der Waals surface area contributed by atoms with E-state index >= 15 is 0 Å². The number of aliphatic imine (C=N–C) groups is 1. The van der Waals surface area contributed by atoms with Crippen LogP contribution in [0.3, 0.4) is 0 Å². The van der Waals surface area contributed by atoms with Gasteiger partial charge in [0, 0.05) is 37.7 Å². The molecule has 0 aliphatic carbocycles. The van der Waals surface area contributed by atoms with Crippen molar-refractivity contribution in [1.82, 2.24) is 15.6 Å². The van der Waals surface area contributed by atoms with Crippen molar-refractivity contribution in [3.05, 3.63) is 23.9 Å². The van der Waals surface area contributed by atoms with Gasteiger partial charge in [0.1, 0.15) is 6.61 Å². The fourth-order valence-corrected chi connectivity index (χ4v) is 1.98. The topological polar surface area (TPSA) is 67.8 Å². The number of methoxy groups -OCH3 is 1. The van der Waals surface area contributed by atoms with Crippen molar-refractivity contribution in [2.24, 2.45) is 4.99 Å². The Kier molecular flexibility index (Phi) is 10.2. The van der Waals surface area contributed by atoms with Crippen LogP contribution in [0.5, 0.6) is 5.88 Å². The van der Waals surface area contributed by atoms with E-state index in [1.54, 1.807) is 25.1 Å². The summed E-state index contributed by atoms with van der Waals surface area (Å²) < 4.78 is 10.6. The smallest absolute Gasteiger partial charge is 0.218 e. The van der Waals surface area contributed by atoms with Gasteiger partial charge in [0.25, 0.3) is 0 Å². The van der Waals surface area contributed by atoms with Gasteiger partial charge in [0.2, 0.25) is 5.88 Å². The number of nitrogens with zero attached hydrogens (tertiary/aromatic N) is 2. The Morgan fingerprint density at radius 1 is 1.36 bits per heavy atom. The van der Waals surface area contributed by atoms with Crippen LogP contribution in [0.2, 0.25) is 0 Å². The molecule has 6 nitrogen and oxygen atoms in total. The molecule has 0 fully saturated rings. The summed E-state index contributed by atoms with van der Waals surface area (Å²) in [6, 6.07) is 3.87. The van der Waals surface area contributed by atoms with Crippen LogP contribution < -0.4 is 15.4 Å². The summed E-state index contributed by atoms with van der Waals surface area (Å²) in [5, 5.41) is 6.53. The Labute approximate surface area is 137 Å². The van der Waals surface area contributed by atoms with Gasteiger partial charge in [-0.25, -0.2) is 9.98 Å². The van der Waals surface area contributed by atoms with E-state index in [1.165, 1.54) is 0 Å². The minimum absolute atomic E-state index is 0.482. The van der Waals surface area contributed by atoms with Crippen LogP contribution >= 0.6 is 11.8 Å². The molecule has 2 N–H and O–H groups in total. The van der Waals surface area contributed by atoms with E-state index in [0.717, 1.165) is 30.4 Å². The predicted molar refractivity (Wildman–Crippen MR) is 92.8 cm³/mol. The molecule has 0 saturated heterocycles. The van der Waals surface area contributed by atoms with Gasteiger partial charge in [-0.15, -0.1) is 0 Å². The fourth-order valence-electron chi connectivity index (χ4n) is 1.67. The van der Waals surface area contributed by atoms with Gasteiger partial charge in [0.05, 0.1) is 13.2 Å². The highest BCUT2D eigenvalue weighted by molar-refractivity contribution is 7.98. The summed E-state index contributed by atoms with van der Waals surface area (Å²) in [5.41, 5.74) is 0.959. The molecule has 1 aromatic rings. The predicted octanol–water partition coefficient (Wildman–Crippen LogP) is 1.52. The summed E-state index contributed by atoms with van der Waals surface area (Å²) in [7, 11) is 1.65. The van der Waals surface area contributed by atoms with Gasteiger partial charge in [-0.2, -0.15) is 11.8 Å². The zero-order chi connectivity index (χ0) is 16.0. The van der Waals surface area contributed by atoms with Crippen LogP contribution in [0.1, 0.15) is 12.5 Å². The van der Waals surface area contributed by atoms with Crippen LogP contribution in [0.25, 0.3) is 0 Å². The van der Waals surface area contributed by atoms with Crippen molar-refractivity contribution < 1.29 is 9.47 Å². The number of thioether (sulfide) groups is 1. The first-order chi connectivity index (χ1) is 10.8. The van der Waals surface area contributed by atoms with Crippen molar-refractivity contribution in [2.75, 3.05) is 45.4 Å². The first-order valence-corrected chi connectivity index (χ1v) is 8.78. The van der Waals surface area contributed by atoms with E-state index in [0.29, 0.717) is 25.6 Å². The molecule has 0 aromatic carbocycles. The number of pyridine rings is 1. The molecule has 1 heterocycles. The Morgan fingerprint density at radius 3 is 2.95 bits per heavy atom. The van der Waals surface area contributed by atoms with Crippen molar-refractivity contribution in [1.29, 1.82) is 0 Å². The number of guanidine groups is 1. The SMILES string of the molecule is CCNC(=NCc1cccnc1OCCOC)NCCSC. The molecule has 124 valence electrons. The van der Waals surface area contributed by atoms with E-state index < -0.39 is 0 Å². The largest absolute Gasteiger partial charge is 0.475 e. The third kappa shape index (κ3) is 7.51. The second-order valence-electron chi connectivity index (χ2n) is 4.42. The normalized spacial score (nSPS) is 11.3. The molecule has 0 amide bonds. The molecule has 0 saturated carbocycles.